The van der Waals surface area contributed by atoms with Gasteiger partial charge < -0.3 is 5.11 Å². The van der Waals surface area contributed by atoms with Gasteiger partial charge in [-0.1, -0.05) is 40.0 Å². The van der Waals surface area contributed by atoms with E-state index in [4.69, 9.17) is 0 Å². The maximum absolute atomic E-state index is 9.60. The predicted molar refractivity (Wildman–Crippen MR) is 58.8 cm³/mol. The van der Waals surface area contributed by atoms with Crippen LogP contribution in [0.4, 0.5) is 0 Å². The van der Waals surface area contributed by atoms with Crippen LogP contribution in [0.15, 0.2) is 0 Å². The normalized spacial score (nSPS) is 15.0. The van der Waals surface area contributed by atoms with E-state index < -0.39 is 5.60 Å². The van der Waals surface area contributed by atoms with Crippen LogP contribution in [0.3, 0.4) is 0 Å². The lowest BCUT2D eigenvalue weighted by atomic mass is 9.90. The van der Waals surface area contributed by atoms with E-state index in [-0.39, 0.29) is 0 Å². The Morgan fingerprint density at radius 2 is 1.62 bits per heavy atom. The first-order chi connectivity index (χ1) is 5.81. The third-order valence-electron chi connectivity index (χ3n) is 2.33. The van der Waals surface area contributed by atoms with Crippen molar-refractivity contribution >= 4 is 0 Å². The van der Waals surface area contributed by atoms with Crippen molar-refractivity contribution in [2.24, 2.45) is 11.8 Å². The summed E-state index contributed by atoms with van der Waals surface area (Å²) >= 11 is 0. The zero-order chi connectivity index (χ0) is 10.5. The molecule has 1 nitrogen and oxygen atoms in total. The lowest BCUT2D eigenvalue weighted by Gasteiger charge is -2.22. The highest BCUT2D eigenvalue weighted by Crippen LogP contribution is 2.21. The van der Waals surface area contributed by atoms with E-state index in [0.29, 0.717) is 5.92 Å². The first kappa shape index (κ1) is 13.0. The summed E-state index contributed by atoms with van der Waals surface area (Å²) in [6, 6.07) is 0. The second kappa shape index (κ2) is 5.64. The van der Waals surface area contributed by atoms with Crippen LogP contribution in [0.5, 0.6) is 0 Å². The average Bonchev–Trinajstić information content (AvgIpc) is 1.81. The minimum Gasteiger partial charge on any atom is -0.390 e. The molecule has 0 saturated heterocycles. The summed E-state index contributed by atoms with van der Waals surface area (Å²) in [7, 11) is 0. The number of rotatable bonds is 6. The second-order valence-corrected chi connectivity index (χ2v) is 5.45. The number of hydrogen-bond donors (Lipinski definition) is 1. The van der Waals surface area contributed by atoms with Crippen molar-refractivity contribution < 1.29 is 5.11 Å². The molecule has 0 aliphatic heterocycles. The SMILES string of the molecule is CC(C)CCCC(C)CC(C)(C)O. The van der Waals surface area contributed by atoms with Gasteiger partial charge in [-0.25, -0.2) is 0 Å². The average molecular weight is 186 g/mol. The van der Waals surface area contributed by atoms with Crippen LogP contribution in [0.2, 0.25) is 0 Å². The molecule has 0 aromatic carbocycles. The van der Waals surface area contributed by atoms with E-state index in [2.05, 4.69) is 20.8 Å². The highest BCUT2D eigenvalue weighted by Gasteiger charge is 2.16. The Hall–Kier alpha value is -0.0400. The van der Waals surface area contributed by atoms with E-state index in [1.807, 2.05) is 13.8 Å². The molecule has 0 heterocycles. The van der Waals surface area contributed by atoms with E-state index in [0.717, 1.165) is 12.3 Å². The molecule has 0 fully saturated rings. The van der Waals surface area contributed by atoms with Crippen molar-refractivity contribution in [3.8, 4) is 0 Å². The van der Waals surface area contributed by atoms with Gasteiger partial charge >= 0.3 is 0 Å². The van der Waals surface area contributed by atoms with E-state index in [9.17, 15) is 5.11 Å². The molecule has 0 saturated carbocycles. The molecule has 80 valence electrons. The van der Waals surface area contributed by atoms with Crippen molar-refractivity contribution in [1.82, 2.24) is 0 Å². The van der Waals surface area contributed by atoms with Crippen LogP contribution in [0, 0.1) is 11.8 Å². The molecule has 1 N–H and O–H groups in total. The van der Waals surface area contributed by atoms with Crippen molar-refractivity contribution in [3.05, 3.63) is 0 Å². The zero-order valence-corrected chi connectivity index (χ0v) is 9.93. The molecule has 0 aromatic heterocycles. The van der Waals surface area contributed by atoms with Crippen LogP contribution in [-0.4, -0.2) is 10.7 Å². The highest BCUT2D eigenvalue weighted by atomic mass is 16.3. The van der Waals surface area contributed by atoms with Crippen molar-refractivity contribution in [1.29, 1.82) is 0 Å². The zero-order valence-electron chi connectivity index (χ0n) is 9.93. The van der Waals surface area contributed by atoms with Gasteiger partial charge in [0.1, 0.15) is 0 Å². The van der Waals surface area contributed by atoms with Gasteiger partial charge in [0.2, 0.25) is 0 Å². The summed E-state index contributed by atoms with van der Waals surface area (Å²) < 4.78 is 0. The maximum atomic E-state index is 9.60. The Balaban J connectivity index is 3.46. The van der Waals surface area contributed by atoms with Gasteiger partial charge in [0.15, 0.2) is 0 Å². The topological polar surface area (TPSA) is 20.2 Å². The summed E-state index contributed by atoms with van der Waals surface area (Å²) in [5.41, 5.74) is -0.489. The lowest BCUT2D eigenvalue weighted by Crippen LogP contribution is -2.21. The van der Waals surface area contributed by atoms with Crippen molar-refractivity contribution in [2.75, 3.05) is 0 Å². The van der Waals surface area contributed by atoms with E-state index in [1.165, 1.54) is 19.3 Å². The van der Waals surface area contributed by atoms with Gasteiger partial charge in [0.25, 0.3) is 0 Å². The molecule has 1 unspecified atom stereocenters. The van der Waals surface area contributed by atoms with E-state index >= 15 is 0 Å². The van der Waals surface area contributed by atoms with Gasteiger partial charge in [-0.15, -0.1) is 0 Å². The molecule has 0 aliphatic rings. The fourth-order valence-corrected chi connectivity index (χ4v) is 1.83. The fourth-order valence-electron chi connectivity index (χ4n) is 1.83. The van der Waals surface area contributed by atoms with Crippen molar-refractivity contribution in [3.63, 3.8) is 0 Å². The van der Waals surface area contributed by atoms with E-state index in [1.54, 1.807) is 0 Å². The summed E-state index contributed by atoms with van der Waals surface area (Å²) in [4.78, 5) is 0. The smallest absolute Gasteiger partial charge is 0.0594 e. The highest BCUT2D eigenvalue weighted by molar-refractivity contribution is 4.69. The van der Waals surface area contributed by atoms with Gasteiger partial charge in [-0.2, -0.15) is 0 Å². The quantitative estimate of drug-likeness (QED) is 0.672. The maximum Gasteiger partial charge on any atom is 0.0594 e. The molecule has 0 rings (SSSR count). The number of hydrogen-bond acceptors (Lipinski definition) is 1. The largest absolute Gasteiger partial charge is 0.390 e. The molecule has 0 aromatic rings. The van der Waals surface area contributed by atoms with Crippen LogP contribution in [0.25, 0.3) is 0 Å². The van der Waals surface area contributed by atoms with Crippen LogP contribution in [0.1, 0.15) is 60.3 Å². The van der Waals surface area contributed by atoms with Crippen LogP contribution in [-0.2, 0) is 0 Å². The third kappa shape index (κ3) is 9.88. The second-order valence-electron chi connectivity index (χ2n) is 5.45. The Bertz CT molecular complexity index is 122. The molecule has 13 heavy (non-hydrogen) atoms. The van der Waals surface area contributed by atoms with Crippen molar-refractivity contribution in [2.45, 2.75) is 65.9 Å². The summed E-state index contributed by atoms with van der Waals surface area (Å²) in [5.74, 6) is 1.47. The first-order valence-corrected chi connectivity index (χ1v) is 5.53. The summed E-state index contributed by atoms with van der Waals surface area (Å²) in [6.07, 6.45) is 4.79. The fraction of sp³-hybridized carbons (Fsp3) is 1.00. The van der Waals surface area contributed by atoms with Gasteiger partial charge in [0.05, 0.1) is 5.60 Å². The number of aliphatic hydroxyl groups is 1. The first-order valence-electron chi connectivity index (χ1n) is 5.53. The standard InChI is InChI=1S/C12H26O/c1-10(2)7-6-8-11(3)9-12(4,5)13/h10-11,13H,6-9H2,1-5H3. The Labute approximate surface area is 83.5 Å². The Morgan fingerprint density at radius 3 is 2.00 bits per heavy atom. The summed E-state index contributed by atoms with van der Waals surface area (Å²) in [6.45, 7) is 10.6. The molecular formula is C12H26O. The molecule has 0 spiro atoms. The lowest BCUT2D eigenvalue weighted by molar-refractivity contribution is 0.0535. The minimum atomic E-state index is -0.489. The minimum absolute atomic E-state index is 0.489. The summed E-state index contributed by atoms with van der Waals surface area (Å²) in [5, 5.41) is 9.60. The van der Waals surface area contributed by atoms with Gasteiger partial charge in [-0.3, -0.25) is 0 Å². The molecule has 0 bridgehead atoms. The van der Waals surface area contributed by atoms with Gasteiger partial charge in [-0.05, 0) is 32.1 Å². The Morgan fingerprint density at radius 1 is 1.08 bits per heavy atom. The Kier molecular flexibility index (Phi) is 5.62. The molecular weight excluding hydrogens is 160 g/mol. The molecule has 0 aliphatic carbocycles. The monoisotopic (exact) mass is 186 g/mol. The van der Waals surface area contributed by atoms with Crippen LogP contribution < -0.4 is 0 Å². The molecule has 0 radical (unpaired) electrons. The van der Waals surface area contributed by atoms with Gasteiger partial charge in [0, 0.05) is 0 Å². The third-order valence-corrected chi connectivity index (χ3v) is 2.33. The predicted octanol–water partition coefficient (Wildman–Crippen LogP) is 3.61. The molecule has 1 heteroatoms. The van der Waals surface area contributed by atoms with Crippen LogP contribution >= 0.6 is 0 Å². The molecule has 0 amide bonds. The molecule has 1 atom stereocenters.